The van der Waals surface area contributed by atoms with Crippen LogP contribution in [0.4, 0.5) is 0 Å². The zero-order valence-electron chi connectivity index (χ0n) is 7.66. The maximum Gasteiger partial charge on any atom is 0.0682 e. The van der Waals surface area contributed by atoms with Gasteiger partial charge in [0.05, 0.1) is 6.61 Å². The molecule has 1 N–H and O–H groups in total. The molecule has 1 aliphatic carbocycles. The molecule has 68 valence electrons. The number of allylic oxidation sites excluding steroid dienone is 2. The fourth-order valence-corrected chi connectivity index (χ4v) is 1.80. The third kappa shape index (κ3) is 1.81. The summed E-state index contributed by atoms with van der Waals surface area (Å²) < 4.78 is 0. The van der Waals surface area contributed by atoms with E-state index in [0.717, 1.165) is 5.56 Å². The third-order valence-electron chi connectivity index (χ3n) is 2.52. The average molecular weight is 174 g/mol. The summed E-state index contributed by atoms with van der Waals surface area (Å²) in [5.41, 5.74) is 3.73. The lowest BCUT2D eigenvalue weighted by Crippen LogP contribution is -1.86. The molecule has 0 aliphatic heterocycles. The van der Waals surface area contributed by atoms with E-state index in [2.05, 4.69) is 18.2 Å². The molecule has 0 aromatic heterocycles. The van der Waals surface area contributed by atoms with E-state index in [1.54, 1.807) is 0 Å². The Balaban J connectivity index is 2.29. The minimum atomic E-state index is 0.140. The van der Waals surface area contributed by atoms with Crippen molar-refractivity contribution in [3.05, 3.63) is 41.5 Å². The SMILES string of the molecule is OCc1cccc(C2=CCCC2)c1. The highest BCUT2D eigenvalue weighted by molar-refractivity contribution is 5.67. The summed E-state index contributed by atoms with van der Waals surface area (Å²) in [5.74, 6) is 0. The van der Waals surface area contributed by atoms with Crippen molar-refractivity contribution in [3.63, 3.8) is 0 Å². The maximum atomic E-state index is 8.99. The van der Waals surface area contributed by atoms with Crippen molar-refractivity contribution in [2.75, 3.05) is 0 Å². The second-order valence-corrected chi connectivity index (χ2v) is 3.48. The predicted molar refractivity (Wildman–Crippen MR) is 54.2 cm³/mol. The van der Waals surface area contributed by atoms with E-state index in [-0.39, 0.29) is 6.61 Å². The Labute approximate surface area is 78.7 Å². The molecule has 0 bridgehead atoms. The lowest BCUT2D eigenvalue weighted by Gasteiger charge is -2.03. The van der Waals surface area contributed by atoms with E-state index in [1.165, 1.54) is 30.4 Å². The van der Waals surface area contributed by atoms with Crippen LogP contribution >= 0.6 is 0 Å². The van der Waals surface area contributed by atoms with Crippen LogP contribution in [0.3, 0.4) is 0 Å². The lowest BCUT2D eigenvalue weighted by atomic mass is 10.0. The summed E-state index contributed by atoms with van der Waals surface area (Å²) in [6, 6.07) is 8.17. The van der Waals surface area contributed by atoms with Crippen LogP contribution < -0.4 is 0 Å². The second-order valence-electron chi connectivity index (χ2n) is 3.48. The first-order valence-corrected chi connectivity index (χ1v) is 4.79. The van der Waals surface area contributed by atoms with Gasteiger partial charge in [0.25, 0.3) is 0 Å². The minimum absolute atomic E-state index is 0.140. The molecule has 2 rings (SSSR count). The first-order chi connectivity index (χ1) is 6.40. The van der Waals surface area contributed by atoms with E-state index < -0.39 is 0 Å². The summed E-state index contributed by atoms with van der Waals surface area (Å²) in [7, 11) is 0. The molecule has 0 radical (unpaired) electrons. The van der Waals surface area contributed by atoms with E-state index in [9.17, 15) is 0 Å². The molecule has 0 spiro atoms. The van der Waals surface area contributed by atoms with Crippen molar-refractivity contribution in [2.24, 2.45) is 0 Å². The van der Waals surface area contributed by atoms with Gasteiger partial charge in [-0.05, 0) is 42.0 Å². The van der Waals surface area contributed by atoms with Crippen LogP contribution in [0.5, 0.6) is 0 Å². The van der Waals surface area contributed by atoms with Crippen LogP contribution in [-0.2, 0) is 6.61 Å². The molecule has 1 aromatic carbocycles. The van der Waals surface area contributed by atoms with Crippen molar-refractivity contribution >= 4 is 5.57 Å². The Bertz CT molecular complexity index is 326. The number of aliphatic hydroxyl groups is 1. The molecule has 13 heavy (non-hydrogen) atoms. The molecular weight excluding hydrogens is 160 g/mol. The van der Waals surface area contributed by atoms with Crippen molar-refractivity contribution in [1.29, 1.82) is 0 Å². The third-order valence-corrected chi connectivity index (χ3v) is 2.52. The summed E-state index contributed by atoms with van der Waals surface area (Å²) in [6.07, 6.45) is 5.97. The Morgan fingerprint density at radius 1 is 1.31 bits per heavy atom. The Hall–Kier alpha value is -1.08. The number of hydrogen-bond donors (Lipinski definition) is 1. The zero-order valence-corrected chi connectivity index (χ0v) is 7.66. The lowest BCUT2D eigenvalue weighted by molar-refractivity contribution is 0.282. The molecule has 0 saturated heterocycles. The Morgan fingerprint density at radius 3 is 2.92 bits per heavy atom. The monoisotopic (exact) mass is 174 g/mol. The van der Waals surface area contributed by atoms with Gasteiger partial charge in [0, 0.05) is 0 Å². The van der Waals surface area contributed by atoms with Crippen LogP contribution in [-0.4, -0.2) is 5.11 Å². The molecule has 1 aliphatic rings. The van der Waals surface area contributed by atoms with Crippen LogP contribution in [0.1, 0.15) is 30.4 Å². The molecule has 0 unspecified atom stereocenters. The highest BCUT2D eigenvalue weighted by Gasteiger charge is 2.06. The molecule has 0 saturated carbocycles. The molecular formula is C12H14O. The van der Waals surface area contributed by atoms with Crippen molar-refractivity contribution in [1.82, 2.24) is 0 Å². The number of rotatable bonds is 2. The summed E-state index contributed by atoms with van der Waals surface area (Å²) in [5, 5.41) is 8.99. The highest BCUT2D eigenvalue weighted by Crippen LogP contribution is 2.27. The largest absolute Gasteiger partial charge is 0.392 e. The van der Waals surface area contributed by atoms with Gasteiger partial charge in [0.15, 0.2) is 0 Å². The fourth-order valence-electron chi connectivity index (χ4n) is 1.80. The van der Waals surface area contributed by atoms with Gasteiger partial charge >= 0.3 is 0 Å². The molecule has 0 heterocycles. The maximum absolute atomic E-state index is 8.99. The summed E-state index contributed by atoms with van der Waals surface area (Å²) in [4.78, 5) is 0. The van der Waals surface area contributed by atoms with Gasteiger partial charge in [-0.1, -0.05) is 24.3 Å². The summed E-state index contributed by atoms with van der Waals surface area (Å²) in [6.45, 7) is 0.140. The van der Waals surface area contributed by atoms with Crippen LogP contribution in [0.15, 0.2) is 30.3 Å². The first-order valence-electron chi connectivity index (χ1n) is 4.79. The minimum Gasteiger partial charge on any atom is -0.392 e. The standard InChI is InChI=1S/C12H14O/c13-9-10-4-3-7-12(8-10)11-5-1-2-6-11/h3-5,7-8,13H,1-2,6,9H2. The van der Waals surface area contributed by atoms with Gasteiger partial charge < -0.3 is 5.11 Å². The van der Waals surface area contributed by atoms with Gasteiger partial charge in [-0.15, -0.1) is 0 Å². The first kappa shape index (κ1) is 8.52. The van der Waals surface area contributed by atoms with E-state index >= 15 is 0 Å². The molecule has 1 aromatic rings. The van der Waals surface area contributed by atoms with Crippen molar-refractivity contribution < 1.29 is 5.11 Å². The highest BCUT2D eigenvalue weighted by atomic mass is 16.3. The second kappa shape index (κ2) is 3.75. The Kier molecular flexibility index (Phi) is 2.46. The summed E-state index contributed by atoms with van der Waals surface area (Å²) >= 11 is 0. The normalized spacial score (nSPS) is 15.9. The van der Waals surface area contributed by atoms with E-state index in [1.807, 2.05) is 12.1 Å². The molecule has 1 heteroatoms. The predicted octanol–water partition coefficient (Wildman–Crippen LogP) is 2.75. The van der Waals surface area contributed by atoms with Crippen LogP contribution in [0.2, 0.25) is 0 Å². The van der Waals surface area contributed by atoms with E-state index in [4.69, 9.17) is 5.11 Å². The zero-order chi connectivity index (χ0) is 9.10. The smallest absolute Gasteiger partial charge is 0.0682 e. The van der Waals surface area contributed by atoms with Crippen molar-refractivity contribution in [2.45, 2.75) is 25.9 Å². The van der Waals surface area contributed by atoms with Gasteiger partial charge in [-0.2, -0.15) is 0 Å². The van der Waals surface area contributed by atoms with Gasteiger partial charge in [-0.25, -0.2) is 0 Å². The van der Waals surface area contributed by atoms with Gasteiger partial charge in [0.2, 0.25) is 0 Å². The number of hydrogen-bond acceptors (Lipinski definition) is 1. The topological polar surface area (TPSA) is 20.2 Å². The molecule has 1 nitrogen and oxygen atoms in total. The molecule has 0 fully saturated rings. The Morgan fingerprint density at radius 2 is 2.23 bits per heavy atom. The van der Waals surface area contributed by atoms with Gasteiger partial charge in [-0.3, -0.25) is 0 Å². The average Bonchev–Trinajstić information content (AvgIpc) is 2.71. The number of aliphatic hydroxyl groups excluding tert-OH is 1. The molecule has 0 amide bonds. The van der Waals surface area contributed by atoms with Crippen LogP contribution in [0, 0.1) is 0 Å². The van der Waals surface area contributed by atoms with Crippen LogP contribution in [0.25, 0.3) is 5.57 Å². The van der Waals surface area contributed by atoms with E-state index in [0.29, 0.717) is 0 Å². The number of benzene rings is 1. The quantitative estimate of drug-likeness (QED) is 0.731. The molecule has 0 atom stereocenters. The fraction of sp³-hybridized carbons (Fsp3) is 0.333. The van der Waals surface area contributed by atoms with Crippen molar-refractivity contribution in [3.8, 4) is 0 Å². The van der Waals surface area contributed by atoms with Gasteiger partial charge in [0.1, 0.15) is 0 Å².